The summed E-state index contributed by atoms with van der Waals surface area (Å²) in [5, 5.41) is 19.7. The molecule has 1 unspecified atom stereocenters. The van der Waals surface area contributed by atoms with Gasteiger partial charge >= 0.3 is 0 Å². The fourth-order valence-electron chi connectivity index (χ4n) is 4.95. The van der Waals surface area contributed by atoms with Crippen molar-refractivity contribution >= 4 is 5.82 Å². The Hall–Kier alpha value is -3.08. The van der Waals surface area contributed by atoms with Crippen molar-refractivity contribution in [1.29, 1.82) is 0 Å². The third-order valence-electron chi connectivity index (χ3n) is 6.99. The second-order valence-corrected chi connectivity index (χ2v) is 10.5. The van der Waals surface area contributed by atoms with E-state index in [0.29, 0.717) is 12.1 Å². The van der Waals surface area contributed by atoms with Gasteiger partial charge in [0.25, 0.3) is 5.56 Å². The third-order valence-corrected chi connectivity index (χ3v) is 6.99. The molecule has 4 rings (SSSR count). The van der Waals surface area contributed by atoms with Crippen LogP contribution in [0.5, 0.6) is 0 Å². The SMILES string of the molecule is CNCCN(C)Cc1cccc(-c2cc(C(O)NCc3c(C)cc(C)[nH]c3=O)c3c(n2)N(C(C)C)NC3)c1. The number of hydrogen-bond donors (Lipinski definition) is 5. The molecule has 0 amide bonds. The molecule has 5 N–H and O–H groups in total. The number of anilines is 1. The highest BCUT2D eigenvalue weighted by Gasteiger charge is 2.29. The summed E-state index contributed by atoms with van der Waals surface area (Å²) in [5.74, 6) is 0.828. The largest absolute Gasteiger partial charge is 0.374 e. The molecule has 204 valence electrons. The van der Waals surface area contributed by atoms with E-state index in [2.05, 4.69) is 76.1 Å². The number of rotatable bonds is 11. The van der Waals surface area contributed by atoms with Gasteiger partial charge in [0.1, 0.15) is 12.0 Å². The van der Waals surface area contributed by atoms with E-state index in [1.54, 1.807) is 0 Å². The fourth-order valence-corrected chi connectivity index (χ4v) is 4.95. The van der Waals surface area contributed by atoms with E-state index in [9.17, 15) is 9.90 Å². The van der Waals surface area contributed by atoms with Crippen molar-refractivity contribution in [3.05, 3.63) is 80.3 Å². The Kier molecular flexibility index (Phi) is 8.96. The summed E-state index contributed by atoms with van der Waals surface area (Å²) < 4.78 is 0. The maximum absolute atomic E-state index is 12.5. The number of pyridine rings is 2. The van der Waals surface area contributed by atoms with E-state index >= 15 is 0 Å². The number of aromatic amines is 1. The average Bonchev–Trinajstić information content (AvgIpc) is 3.30. The molecule has 0 saturated carbocycles. The van der Waals surface area contributed by atoms with Gasteiger partial charge in [-0.05, 0) is 71.1 Å². The molecule has 0 bridgehead atoms. The second-order valence-electron chi connectivity index (χ2n) is 10.5. The number of nitrogens with one attached hydrogen (secondary N) is 4. The van der Waals surface area contributed by atoms with Crippen molar-refractivity contribution in [2.75, 3.05) is 32.2 Å². The van der Waals surface area contributed by atoms with Gasteiger partial charge in [0.2, 0.25) is 0 Å². The number of fused-ring (bicyclic) bond motifs is 1. The molecule has 9 heteroatoms. The summed E-state index contributed by atoms with van der Waals surface area (Å²) >= 11 is 0. The number of benzene rings is 1. The number of hydrogen-bond acceptors (Lipinski definition) is 8. The molecule has 0 saturated heterocycles. The topological polar surface area (TPSA) is 109 Å². The summed E-state index contributed by atoms with van der Waals surface area (Å²) in [6.07, 6.45) is -0.963. The lowest BCUT2D eigenvalue weighted by Gasteiger charge is -2.24. The van der Waals surface area contributed by atoms with Gasteiger partial charge < -0.3 is 20.3 Å². The Labute approximate surface area is 225 Å². The van der Waals surface area contributed by atoms with Crippen LogP contribution in [0.2, 0.25) is 0 Å². The van der Waals surface area contributed by atoms with Crippen LogP contribution in [0.15, 0.2) is 41.2 Å². The number of likely N-dealkylation sites (N-methyl/N-ethyl adjacent to an activating group) is 2. The second kappa shape index (κ2) is 12.2. The van der Waals surface area contributed by atoms with Crippen LogP contribution in [0, 0.1) is 13.8 Å². The van der Waals surface area contributed by atoms with Gasteiger partial charge in [-0.25, -0.2) is 10.4 Å². The number of nitrogens with zero attached hydrogens (tertiary/aromatic N) is 3. The van der Waals surface area contributed by atoms with Crippen LogP contribution >= 0.6 is 0 Å². The smallest absolute Gasteiger partial charge is 0.252 e. The standard InChI is InChI=1S/C29H41N7O2/c1-18(2)36-27-25(16-32-36)23(28(37)31-15-24-19(3)12-20(4)33-29(24)38)14-26(34-27)22-9-7-8-21(13-22)17-35(6)11-10-30-5/h7-9,12-14,18,28,30-32,37H,10-11,15-17H2,1-6H3,(H,33,38). The summed E-state index contributed by atoms with van der Waals surface area (Å²) in [5.41, 5.74) is 10.4. The average molecular weight is 520 g/mol. The van der Waals surface area contributed by atoms with Crippen LogP contribution in [-0.4, -0.2) is 53.2 Å². The zero-order chi connectivity index (χ0) is 27.4. The van der Waals surface area contributed by atoms with Crippen LogP contribution < -0.4 is 26.6 Å². The van der Waals surface area contributed by atoms with Crippen LogP contribution in [0.1, 0.15) is 53.6 Å². The summed E-state index contributed by atoms with van der Waals surface area (Å²) in [4.78, 5) is 22.7. The van der Waals surface area contributed by atoms with Crippen LogP contribution in [0.25, 0.3) is 11.3 Å². The Balaban J connectivity index is 1.66. The Morgan fingerprint density at radius 2 is 2.00 bits per heavy atom. The molecule has 2 aromatic heterocycles. The molecule has 38 heavy (non-hydrogen) atoms. The Bertz CT molecular complexity index is 1320. The summed E-state index contributed by atoms with van der Waals surface area (Å²) in [6, 6.07) is 12.5. The van der Waals surface area contributed by atoms with Crippen LogP contribution in [-0.2, 0) is 19.6 Å². The van der Waals surface area contributed by atoms with E-state index in [-0.39, 0.29) is 18.1 Å². The monoisotopic (exact) mass is 519 g/mol. The first kappa shape index (κ1) is 27.9. The molecule has 3 heterocycles. The van der Waals surface area contributed by atoms with Crippen molar-refractivity contribution in [3.63, 3.8) is 0 Å². The van der Waals surface area contributed by atoms with Gasteiger partial charge in [0.05, 0.1) is 5.69 Å². The van der Waals surface area contributed by atoms with E-state index in [1.165, 1.54) is 5.56 Å². The fraction of sp³-hybridized carbons (Fsp3) is 0.448. The van der Waals surface area contributed by atoms with Crippen molar-refractivity contribution in [1.82, 2.24) is 30.9 Å². The summed E-state index contributed by atoms with van der Waals surface area (Å²) in [7, 11) is 4.08. The molecule has 9 nitrogen and oxygen atoms in total. The van der Waals surface area contributed by atoms with Crippen molar-refractivity contribution in [2.45, 2.75) is 59.6 Å². The number of aliphatic hydroxyl groups excluding tert-OH is 1. The lowest BCUT2D eigenvalue weighted by Crippen LogP contribution is -2.38. The molecule has 3 aromatic rings. The molecule has 0 radical (unpaired) electrons. The van der Waals surface area contributed by atoms with Crippen molar-refractivity contribution < 1.29 is 5.11 Å². The first-order valence-electron chi connectivity index (χ1n) is 13.3. The zero-order valence-electron chi connectivity index (χ0n) is 23.4. The molecule has 1 aromatic carbocycles. The first-order valence-corrected chi connectivity index (χ1v) is 13.3. The molecular weight excluding hydrogens is 478 g/mol. The Morgan fingerprint density at radius 1 is 1.21 bits per heavy atom. The first-order chi connectivity index (χ1) is 18.2. The van der Waals surface area contributed by atoms with Gasteiger partial charge in [-0.15, -0.1) is 0 Å². The number of aryl methyl sites for hydroxylation is 2. The van der Waals surface area contributed by atoms with Crippen LogP contribution in [0.4, 0.5) is 5.82 Å². The van der Waals surface area contributed by atoms with Crippen LogP contribution in [0.3, 0.4) is 0 Å². The lowest BCUT2D eigenvalue weighted by atomic mass is 10.0. The highest BCUT2D eigenvalue weighted by Crippen LogP contribution is 2.34. The predicted molar refractivity (Wildman–Crippen MR) is 153 cm³/mol. The van der Waals surface area contributed by atoms with E-state index in [1.807, 2.05) is 33.0 Å². The third kappa shape index (κ3) is 6.31. The number of aromatic nitrogens is 2. The lowest BCUT2D eigenvalue weighted by molar-refractivity contribution is 0.136. The normalized spacial score (nSPS) is 14.0. The molecule has 0 spiro atoms. The minimum Gasteiger partial charge on any atom is -0.374 e. The Morgan fingerprint density at radius 3 is 2.71 bits per heavy atom. The van der Waals surface area contributed by atoms with Gasteiger partial charge in [0.15, 0.2) is 0 Å². The zero-order valence-corrected chi connectivity index (χ0v) is 23.4. The van der Waals surface area contributed by atoms with Gasteiger partial charge in [-0.2, -0.15) is 0 Å². The minimum absolute atomic E-state index is 0.132. The number of hydrazine groups is 1. The van der Waals surface area contributed by atoms with E-state index in [4.69, 9.17) is 4.98 Å². The molecular formula is C29H41N7O2. The molecule has 0 fully saturated rings. The quantitative estimate of drug-likeness (QED) is 0.246. The van der Waals surface area contributed by atoms with Gasteiger partial charge in [-0.3, -0.25) is 15.1 Å². The van der Waals surface area contributed by atoms with Gasteiger partial charge in [0, 0.05) is 66.7 Å². The van der Waals surface area contributed by atoms with Crippen molar-refractivity contribution in [3.8, 4) is 11.3 Å². The minimum atomic E-state index is -0.963. The predicted octanol–water partition coefficient (Wildman–Crippen LogP) is 2.72. The van der Waals surface area contributed by atoms with Crippen molar-refractivity contribution in [2.24, 2.45) is 0 Å². The summed E-state index contributed by atoms with van der Waals surface area (Å²) in [6.45, 7) is 11.6. The highest BCUT2D eigenvalue weighted by atomic mass is 16.3. The van der Waals surface area contributed by atoms with E-state index < -0.39 is 6.23 Å². The maximum atomic E-state index is 12.5. The highest BCUT2D eigenvalue weighted by molar-refractivity contribution is 5.67. The number of aliphatic hydroxyl groups is 1. The molecule has 1 atom stereocenters. The number of H-pyrrole nitrogens is 1. The molecule has 1 aliphatic heterocycles. The van der Waals surface area contributed by atoms with Gasteiger partial charge in [-0.1, -0.05) is 18.2 Å². The maximum Gasteiger partial charge on any atom is 0.252 e. The molecule has 1 aliphatic rings. The van der Waals surface area contributed by atoms with E-state index in [0.717, 1.165) is 59.1 Å². The molecule has 0 aliphatic carbocycles.